The number of aromatic nitrogens is 2. The molecule has 0 saturated heterocycles. The van der Waals surface area contributed by atoms with Gasteiger partial charge in [-0.2, -0.15) is 0 Å². The molecule has 3 unspecified atom stereocenters. The van der Waals surface area contributed by atoms with E-state index in [9.17, 15) is 0 Å². The van der Waals surface area contributed by atoms with Crippen LogP contribution in [0.5, 0.6) is 17.2 Å². The summed E-state index contributed by atoms with van der Waals surface area (Å²) in [5.74, 6) is 2.55. The van der Waals surface area contributed by atoms with Crippen molar-refractivity contribution >= 4 is 40.1 Å². The van der Waals surface area contributed by atoms with Crippen LogP contribution in [-0.2, 0) is 0 Å². The molecule has 3 aromatic rings. The van der Waals surface area contributed by atoms with E-state index in [0.29, 0.717) is 50.3 Å². The van der Waals surface area contributed by atoms with Crippen molar-refractivity contribution in [2.24, 2.45) is 11.7 Å². The first-order chi connectivity index (χ1) is 17.9. The summed E-state index contributed by atoms with van der Waals surface area (Å²) in [6, 6.07) is 5.56. The average molecular weight is 541 g/mol. The van der Waals surface area contributed by atoms with E-state index >= 15 is 0 Å². The zero-order valence-corrected chi connectivity index (χ0v) is 22.6. The van der Waals surface area contributed by atoms with Crippen LogP contribution in [-0.4, -0.2) is 43.4 Å². The Morgan fingerprint density at radius 1 is 0.973 bits per heavy atom. The molecule has 2 aliphatic rings. The van der Waals surface area contributed by atoms with E-state index in [1.54, 1.807) is 33.6 Å². The summed E-state index contributed by atoms with van der Waals surface area (Å²) in [6.07, 6.45) is 12.4. The van der Waals surface area contributed by atoms with Gasteiger partial charge >= 0.3 is 0 Å². The molecule has 194 valence electrons. The van der Waals surface area contributed by atoms with Gasteiger partial charge in [-0.25, -0.2) is 9.97 Å². The Labute approximate surface area is 226 Å². The van der Waals surface area contributed by atoms with Gasteiger partial charge in [0.1, 0.15) is 17.2 Å². The fourth-order valence-electron chi connectivity index (χ4n) is 5.27. The zero-order valence-electron chi connectivity index (χ0n) is 21.1. The Kier molecular flexibility index (Phi) is 7.47. The number of benzene rings is 2. The number of hydrogen-bond donors (Lipinski definition) is 2. The summed E-state index contributed by atoms with van der Waals surface area (Å²) in [7, 11) is 4.68. The number of anilines is 1. The number of hydrogen-bond acceptors (Lipinski definition) is 7. The summed E-state index contributed by atoms with van der Waals surface area (Å²) in [4.78, 5) is 9.34. The summed E-state index contributed by atoms with van der Waals surface area (Å²) >= 11 is 13.4. The molecule has 9 heteroatoms. The molecule has 0 bridgehead atoms. The molecule has 3 N–H and O–H groups in total. The highest BCUT2D eigenvalue weighted by Gasteiger charge is 2.30. The lowest BCUT2D eigenvalue weighted by atomic mass is 9.78. The number of nitrogens with one attached hydrogen (secondary N) is 1. The number of nitrogens with zero attached hydrogens (tertiary/aromatic N) is 2. The zero-order chi connectivity index (χ0) is 26.1. The lowest BCUT2D eigenvalue weighted by molar-refractivity contribution is 0.331. The van der Waals surface area contributed by atoms with Crippen LogP contribution < -0.4 is 25.3 Å². The number of nitrogens with two attached hydrogens (primary N) is 1. The summed E-state index contributed by atoms with van der Waals surface area (Å²) in [5.41, 5.74) is 10.0. The number of ether oxygens (including phenoxy) is 3. The number of fused-ring (bicyclic) bond motifs is 1. The van der Waals surface area contributed by atoms with Crippen molar-refractivity contribution < 1.29 is 14.2 Å². The quantitative estimate of drug-likeness (QED) is 0.357. The fraction of sp³-hybridized carbons (Fsp3) is 0.357. The molecule has 3 atom stereocenters. The lowest BCUT2D eigenvalue weighted by Crippen LogP contribution is -2.45. The first kappa shape index (κ1) is 25.6. The molecule has 1 saturated carbocycles. The molecule has 5 rings (SSSR count). The highest BCUT2D eigenvalue weighted by atomic mass is 35.5. The first-order valence-electron chi connectivity index (χ1n) is 12.3. The van der Waals surface area contributed by atoms with Crippen LogP contribution in [0.3, 0.4) is 0 Å². The van der Waals surface area contributed by atoms with Gasteiger partial charge in [0.2, 0.25) is 5.95 Å². The largest absolute Gasteiger partial charge is 0.496 e. The van der Waals surface area contributed by atoms with Gasteiger partial charge in [0.15, 0.2) is 0 Å². The van der Waals surface area contributed by atoms with Crippen molar-refractivity contribution in [3.8, 4) is 28.4 Å². The van der Waals surface area contributed by atoms with Crippen LogP contribution >= 0.6 is 23.2 Å². The number of methoxy groups -OCH3 is 3. The monoisotopic (exact) mass is 540 g/mol. The highest BCUT2D eigenvalue weighted by molar-refractivity contribution is 6.41. The molecule has 2 aromatic carbocycles. The normalized spacial score (nSPS) is 21.1. The average Bonchev–Trinajstić information content (AvgIpc) is 3.45. The van der Waals surface area contributed by atoms with Crippen molar-refractivity contribution in [2.75, 3.05) is 26.6 Å². The summed E-state index contributed by atoms with van der Waals surface area (Å²) < 4.78 is 16.6. The van der Waals surface area contributed by atoms with Gasteiger partial charge in [0.05, 0.1) is 36.9 Å². The van der Waals surface area contributed by atoms with Crippen molar-refractivity contribution in [3.63, 3.8) is 0 Å². The number of allylic oxidation sites excluding steroid dienone is 4. The van der Waals surface area contributed by atoms with Crippen LogP contribution in [0.15, 0.2) is 48.2 Å². The predicted molar refractivity (Wildman–Crippen MR) is 149 cm³/mol. The van der Waals surface area contributed by atoms with Crippen molar-refractivity contribution in [1.29, 1.82) is 0 Å². The molecule has 1 fully saturated rings. The van der Waals surface area contributed by atoms with E-state index in [1.165, 1.54) is 5.57 Å². The van der Waals surface area contributed by atoms with Crippen LogP contribution in [0.25, 0.3) is 22.0 Å². The van der Waals surface area contributed by atoms with Crippen molar-refractivity contribution in [1.82, 2.24) is 9.97 Å². The minimum atomic E-state index is 0.0313. The predicted octanol–water partition coefficient (Wildman–Crippen LogP) is 6.42. The van der Waals surface area contributed by atoms with Crippen molar-refractivity contribution in [2.45, 2.75) is 37.8 Å². The van der Waals surface area contributed by atoms with Crippen molar-refractivity contribution in [3.05, 3.63) is 58.2 Å². The number of rotatable bonds is 7. The maximum atomic E-state index is 6.68. The maximum Gasteiger partial charge on any atom is 0.223 e. The Morgan fingerprint density at radius 2 is 1.70 bits per heavy atom. The minimum absolute atomic E-state index is 0.0313. The third-order valence-corrected chi connectivity index (χ3v) is 8.03. The SMILES string of the molecule is COc1cc2nc(NC3CCC(C4=CC=CC4)CC3N)ncc2cc1-c1c(Cl)c(OC)cc(OC)c1Cl. The van der Waals surface area contributed by atoms with Gasteiger partial charge in [0.25, 0.3) is 0 Å². The molecule has 37 heavy (non-hydrogen) atoms. The smallest absolute Gasteiger partial charge is 0.223 e. The molecule has 0 radical (unpaired) electrons. The van der Waals surface area contributed by atoms with E-state index in [-0.39, 0.29) is 12.1 Å². The van der Waals surface area contributed by atoms with E-state index in [2.05, 4.69) is 28.5 Å². The van der Waals surface area contributed by atoms with Gasteiger partial charge in [-0.1, -0.05) is 47.0 Å². The van der Waals surface area contributed by atoms with E-state index < -0.39 is 0 Å². The highest BCUT2D eigenvalue weighted by Crippen LogP contribution is 2.49. The standard InChI is InChI=1S/C28H30Cl2N4O3/c1-35-22-12-21-17(10-18(22)25-26(29)23(36-2)13-24(37-3)27(25)30)14-32-28(34-21)33-20-9-8-16(11-19(20)31)15-6-4-5-7-15/h4-6,10,12-14,16,19-20H,7-9,11,31H2,1-3H3,(H,32,33,34). The molecule has 2 aliphatic carbocycles. The minimum Gasteiger partial charge on any atom is -0.496 e. The second-order valence-corrected chi connectivity index (χ2v) is 10.1. The lowest BCUT2D eigenvalue weighted by Gasteiger charge is -2.35. The fourth-order valence-corrected chi connectivity index (χ4v) is 5.97. The molecule has 7 nitrogen and oxygen atoms in total. The van der Waals surface area contributed by atoms with Crippen LogP contribution in [0, 0.1) is 5.92 Å². The van der Waals surface area contributed by atoms with E-state index in [0.717, 1.165) is 36.6 Å². The van der Waals surface area contributed by atoms with Crippen LogP contribution in [0.2, 0.25) is 10.0 Å². The Bertz CT molecular complexity index is 1360. The molecule has 0 aliphatic heterocycles. The molecule has 0 amide bonds. The summed E-state index contributed by atoms with van der Waals surface area (Å²) in [6.45, 7) is 0. The topological polar surface area (TPSA) is 91.5 Å². The molecule has 1 heterocycles. The molecular formula is C28H30Cl2N4O3. The van der Waals surface area contributed by atoms with Crippen LogP contribution in [0.4, 0.5) is 5.95 Å². The third kappa shape index (κ3) is 4.96. The van der Waals surface area contributed by atoms with E-state index in [4.69, 9.17) is 48.1 Å². The molecule has 1 aromatic heterocycles. The van der Waals surface area contributed by atoms with Gasteiger partial charge < -0.3 is 25.3 Å². The van der Waals surface area contributed by atoms with Gasteiger partial charge in [-0.3, -0.25) is 0 Å². The Balaban J connectivity index is 1.44. The maximum absolute atomic E-state index is 6.68. The summed E-state index contributed by atoms with van der Waals surface area (Å²) in [5, 5.41) is 5.00. The molecule has 0 spiro atoms. The Hall–Kier alpha value is -3.00. The van der Waals surface area contributed by atoms with Crippen LogP contribution in [0.1, 0.15) is 25.7 Å². The number of halogens is 2. The van der Waals surface area contributed by atoms with Gasteiger partial charge in [0, 0.05) is 46.9 Å². The first-order valence-corrected chi connectivity index (χ1v) is 13.0. The third-order valence-electron chi connectivity index (χ3n) is 7.28. The van der Waals surface area contributed by atoms with Gasteiger partial charge in [-0.15, -0.1) is 0 Å². The Morgan fingerprint density at radius 3 is 2.32 bits per heavy atom. The molecular weight excluding hydrogens is 511 g/mol. The van der Waals surface area contributed by atoms with Gasteiger partial charge in [-0.05, 0) is 37.7 Å². The van der Waals surface area contributed by atoms with E-state index in [1.807, 2.05) is 12.1 Å². The second-order valence-electron chi connectivity index (χ2n) is 9.39. The second kappa shape index (κ2) is 10.8.